The van der Waals surface area contributed by atoms with Crippen LogP contribution in [0.25, 0.3) is 0 Å². The topological polar surface area (TPSA) is 75.7 Å². The molecule has 0 bridgehead atoms. The van der Waals surface area contributed by atoms with Gasteiger partial charge in [-0.2, -0.15) is 0 Å². The summed E-state index contributed by atoms with van der Waals surface area (Å²) in [6.07, 6.45) is 0. The fourth-order valence-electron chi connectivity index (χ4n) is 2.48. The highest BCUT2D eigenvalue weighted by molar-refractivity contribution is 8.14. The Labute approximate surface area is 155 Å². The van der Waals surface area contributed by atoms with Gasteiger partial charge in [0, 0.05) is 11.3 Å². The summed E-state index contributed by atoms with van der Waals surface area (Å²) < 4.78 is 5.36. The highest BCUT2D eigenvalue weighted by Crippen LogP contribution is 2.22. The Balaban J connectivity index is 1.60. The van der Waals surface area contributed by atoms with E-state index in [1.807, 2.05) is 6.92 Å². The SMILES string of the molecule is CCOc1ccc(C(=O)Nc2ccc(CN3C(=O)CSC3=O)cc2)cc1. The molecular weight excluding hydrogens is 352 g/mol. The van der Waals surface area contributed by atoms with Gasteiger partial charge in [-0.1, -0.05) is 23.9 Å². The molecule has 134 valence electrons. The first kappa shape index (κ1) is 18.0. The first-order chi connectivity index (χ1) is 12.6. The third kappa shape index (κ3) is 4.23. The maximum Gasteiger partial charge on any atom is 0.289 e. The van der Waals surface area contributed by atoms with Crippen molar-refractivity contribution < 1.29 is 19.1 Å². The summed E-state index contributed by atoms with van der Waals surface area (Å²) in [6, 6.07) is 14.0. The van der Waals surface area contributed by atoms with Crippen LogP contribution in [0.15, 0.2) is 48.5 Å². The lowest BCUT2D eigenvalue weighted by atomic mass is 10.1. The first-order valence-corrected chi connectivity index (χ1v) is 9.15. The molecule has 2 aromatic rings. The number of thioether (sulfide) groups is 1. The Morgan fingerprint density at radius 2 is 1.81 bits per heavy atom. The van der Waals surface area contributed by atoms with Crippen molar-refractivity contribution >= 4 is 34.5 Å². The summed E-state index contributed by atoms with van der Waals surface area (Å²) in [6.45, 7) is 2.72. The highest BCUT2D eigenvalue weighted by atomic mass is 32.2. The Morgan fingerprint density at radius 3 is 2.38 bits per heavy atom. The third-order valence-corrected chi connectivity index (χ3v) is 4.68. The van der Waals surface area contributed by atoms with Crippen LogP contribution in [0.3, 0.4) is 0 Å². The molecule has 1 aliphatic rings. The predicted octanol–water partition coefficient (Wildman–Crippen LogP) is 3.53. The van der Waals surface area contributed by atoms with E-state index in [4.69, 9.17) is 4.74 Å². The molecule has 1 saturated heterocycles. The quantitative estimate of drug-likeness (QED) is 0.842. The van der Waals surface area contributed by atoms with Crippen LogP contribution in [0, 0.1) is 0 Å². The molecule has 0 radical (unpaired) electrons. The number of nitrogens with one attached hydrogen (secondary N) is 1. The zero-order valence-electron chi connectivity index (χ0n) is 14.2. The number of hydrogen-bond donors (Lipinski definition) is 1. The lowest BCUT2D eigenvalue weighted by Gasteiger charge is -2.13. The van der Waals surface area contributed by atoms with Crippen molar-refractivity contribution in [3.8, 4) is 5.75 Å². The van der Waals surface area contributed by atoms with E-state index in [1.54, 1.807) is 48.5 Å². The van der Waals surface area contributed by atoms with Crippen LogP contribution < -0.4 is 10.1 Å². The van der Waals surface area contributed by atoms with Gasteiger partial charge < -0.3 is 10.1 Å². The van der Waals surface area contributed by atoms with E-state index in [0.29, 0.717) is 17.9 Å². The predicted molar refractivity (Wildman–Crippen MR) is 100 cm³/mol. The van der Waals surface area contributed by atoms with Gasteiger partial charge in [0.1, 0.15) is 5.75 Å². The molecule has 3 rings (SSSR count). The maximum absolute atomic E-state index is 12.3. The number of imide groups is 1. The molecule has 7 heteroatoms. The van der Waals surface area contributed by atoms with Crippen molar-refractivity contribution in [2.75, 3.05) is 17.7 Å². The molecule has 0 saturated carbocycles. The number of benzene rings is 2. The molecular formula is C19H18N2O4S. The molecule has 0 atom stereocenters. The Hall–Kier alpha value is -2.80. The lowest BCUT2D eigenvalue weighted by molar-refractivity contribution is -0.125. The third-order valence-electron chi connectivity index (χ3n) is 3.82. The number of hydrogen-bond acceptors (Lipinski definition) is 5. The summed E-state index contributed by atoms with van der Waals surface area (Å²) in [4.78, 5) is 36.8. The number of ether oxygens (including phenoxy) is 1. The molecule has 0 aromatic heterocycles. The van der Waals surface area contributed by atoms with Crippen LogP contribution in [0.1, 0.15) is 22.8 Å². The first-order valence-electron chi connectivity index (χ1n) is 8.17. The van der Waals surface area contributed by atoms with Gasteiger partial charge in [0.15, 0.2) is 0 Å². The fourth-order valence-corrected chi connectivity index (χ4v) is 3.21. The Bertz CT molecular complexity index is 802. The molecule has 6 nitrogen and oxygen atoms in total. The van der Waals surface area contributed by atoms with Crippen LogP contribution in [-0.2, 0) is 11.3 Å². The molecule has 0 unspecified atom stereocenters. The van der Waals surface area contributed by atoms with Crippen LogP contribution >= 0.6 is 11.8 Å². The molecule has 3 amide bonds. The average Bonchev–Trinajstić information content (AvgIpc) is 2.96. The average molecular weight is 370 g/mol. The maximum atomic E-state index is 12.3. The van der Waals surface area contributed by atoms with Gasteiger partial charge in [0.25, 0.3) is 11.1 Å². The van der Waals surface area contributed by atoms with Crippen LogP contribution in [0.4, 0.5) is 10.5 Å². The molecule has 26 heavy (non-hydrogen) atoms. The second kappa shape index (κ2) is 8.05. The monoisotopic (exact) mass is 370 g/mol. The molecule has 1 aliphatic heterocycles. The van der Waals surface area contributed by atoms with Gasteiger partial charge in [-0.3, -0.25) is 19.3 Å². The van der Waals surface area contributed by atoms with E-state index in [9.17, 15) is 14.4 Å². The highest BCUT2D eigenvalue weighted by Gasteiger charge is 2.29. The molecule has 1 fully saturated rings. The Kier molecular flexibility index (Phi) is 5.58. The second-order valence-electron chi connectivity index (χ2n) is 5.64. The van der Waals surface area contributed by atoms with Gasteiger partial charge in [-0.25, -0.2) is 0 Å². The van der Waals surface area contributed by atoms with E-state index in [2.05, 4.69) is 5.32 Å². The van der Waals surface area contributed by atoms with Crippen LogP contribution in [-0.4, -0.2) is 34.3 Å². The van der Waals surface area contributed by atoms with Crippen molar-refractivity contribution in [1.82, 2.24) is 4.90 Å². The molecule has 2 aromatic carbocycles. The number of carbonyl (C=O) groups is 3. The van der Waals surface area contributed by atoms with Crippen molar-refractivity contribution in [2.24, 2.45) is 0 Å². The number of amides is 3. The fraction of sp³-hybridized carbons (Fsp3) is 0.211. The number of nitrogens with zero attached hydrogens (tertiary/aromatic N) is 1. The number of anilines is 1. The van der Waals surface area contributed by atoms with Crippen molar-refractivity contribution in [3.05, 3.63) is 59.7 Å². The van der Waals surface area contributed by atoms with Crippen LogP contribution in [0.5, 0.6) is 5.75 Å². The van der Waals surface area contributed by atoms with Crippen LogP contribution in [0.2, 0.25) is 0 Å². The van der Waals surface area contributed by atoms with Gasteiger partial charge >= 0.3 is 0 Å². The van der Waals surface area contributed by atoms with E-state index in [0.717, 1.165) is 23.1 Å². The Morgan fingerprint density at radius 1 is 1.12 bits per heavy atom. The normalized spacial score (nSPS) is 13.8. The zero-order chi connectivity index (χ0) is 18.5. The summed E-state index contributed by atoms with van der Waals surface area (Å²) >= 11 is 1.02. The summed E-state index contributed by atoms with van der Waals surface area (Å²) in [5.74, 6) is 0.530. The minimum Gasteiger partial charge on any atom is -0.494 e. The van der Waals surface area contributed by atoms with E-state index >= 15 is 0 Å². The van der Waals surface area contributed by atoms with E-state index in [1.165, 1.54) is 4.90 Å². The second-order valence-corrected chi connectivity index (χ2v) is 6.57. The number of carbonyl (C=O) groups excluding carboxylic acids is 3. The standard InChI is InChI=1S/C19H18N2O4S/c1-2-25-16-9-5-14(6-10-16)18(23)20-15-7-3-13(4-8-15)11-21-17(22)12-26-19(21)24/h3-10H,2,11-12H2,1H3,(H,20,23). The minimum atomic E-state index is -0.220. The number of rotatable bonds is 6. The summed E-state index contributed by atoms with van der Waals surface area (Å²) in [7, 11) is 0. The molecule has 0 spiro atoms. The van der Waals surface area contributed by atoms with Gasteiger partial charge in [0.05, 0.1) is 18.9 Å². The van der Waals surface area contributed by atoms with Gasteiger partial charge in [-0.05, 0) is 48.9 Å². The molecule has 0 aliphatic carbocycles. The zero-order valence-corrected chi connectivity index (χ0v) is 15.0. The minimum absolute atomic E-state index is 0.173. The smallest absolute Gasteiger partial charge is 0.289 e. The van der Waals surface area contributed by atoms with Gasteiger partial charge in [0.2, 0.25) is 5.91 Å². The van der Waals surface area contributed by atoms with E-state index in [-0.39, 0.29) is 29.4 Å². The summed E-state index contributed by atoms with van der Waals surface area (Å²) in [5.41, 5.74) is 2.00. The van der Waals surface area contributed by atoms with Crippen molar-refractivity contribution in [1.29, 1.82) is 0 Å². The van der Waals surface area contributed by atoms with Gasteiger partial charge in [-0.15, -0.1) is 0 Å². The molecule has 1 N–H and O–H groups in total. The summed E-state index contributed by atoms with van der Waals surface area (Å²) in [5, 5.41) is 2.60. The van der Waals surface area contributed by atoms with Crippen molar-refractivity contribution in [3.63, 3.8) is 0 Å². The molecule has 1 heterocycles. The van der Waals surface area contributed by atoms with Crippen molar-refractivity contribution in [2.45, 2.75) is 13.5 Å². The lowest BCUT2D eigenvalue weighted by Crippen LogP contribution is -2.27. The largest absolute Gasteiger partial charge is 0.494 e. The van der Waals surface area contributed by atoms with E-state index < -0.39 is 0 Å².